The van der Waals surface area contributed by atoms with E-state index >= 15 is 0 Å². The zero-order valence-corrected chi connectivity index (χ0v) is 15.7. The van der Waals surface area contributed by atoms with Gasteiger partial charge < -0.3 is 25.2 Å². The number of aliphatic hydroxyl groups excluding tert-OH is 1. The Kier molecular flexibility index (Phi) is 7.44. The maximum atomic E-state index is 12.4. The number of pyridine rings is 1. The van der Waals surface area contributed by atoms with Crippen molar-refractivity contribution in [3.8, 4) is 5.88 Å². The van der Waals surface area contributed by atoms with Crippen LogP contribution in [0.25, 0.3) is 0 Å². The first-order valence-electron chi connectivity index (χ1n) is 8.10. The highest BCUT2D eigenvalue weighted by atomic mass is 32.1. The third-order valence-corrected chi connectivity index (χ3v) is 4.79. The second kappa shape index (κ2) is 9.78. The highest BCUT2D eigenvalue weighted by Crippen LogP contribution is 2.23. The van der Waals surface area contributed by atoms with Crippen LogP contribution in [0.2, 0.25) is 0 Å². The first-order chi connectivity index (χ1) is 13.0. The van der Waals surface area contributed by atoms with E-state index in [1.807, 2.05) is 11.8 Å². The standard InChI is InChI=1S/C15H19N5O3S.CH2O2/c1-9-18-19-15(24-9)20-6-5-12(21)11(8-20)17-14(22)10-3-4-13(23-2)16-7-10;2-1-3/h3-4,7,11-12,21H,5-6,8H2,1-2H3,(H,17,22);1H,(H,2,3)/t11-,12-;/m1./s1. The number of aliphatic hydroxyl groups is 1. The Balaban J connectivity index is 0.000000817. The number of methoxy groups -OCH3 is 1. The van der Waals surface area contributed by atoms with Crippen LogP contribution in [0.4, 0.5) is 5.13 Å². The van der Waals surface area contributed by atoms with Crippen LogP contribution in [0.1, 0.15) is 21.8 Å². The molecule has 10 nitrogen and oxygen atoms in total. The van der Waals surface area contributed by atoms with Gasteiger partial charge in [0.15, 0.2) is 0 Å². The zero-order chi connectivity index (χ0) is 19.8. The predicted octanol–water partition coefficient (Wildman–Crippen LogP) is 0.321. The van der Waals surface area contributed by atoms with Crippen molar-refractivity contribution in [3.63, 3.8) is 0 Å². The largest absolute Gasteiger partial charge is 0.483 e. The number of hydrogen-bond acceptors (Lipinski definition) is 9. The molecule has 3 N–H and O–H groups in total. The number of nitrogens with zero attached hydrogens (tertiary/aromatic N) is 4. The summed E-state index contributed by atoms with van der Waals surface area (Å²) in [5.74, 6) is 0.173. The summed E-state index contributed by atoms with van der Waals surface area (Å²) in [4.78, 5) is 26.8. The molecule has 1 aliphatic heterocycles. The molecular weight excluding hydrogens is 374 g/mol. The number of amides is 1. The molecule has 2 atom stereocenters. The van der Waals surface area contributed by atoms with E-state index in [2.05, 4.69) is 20.5 Å². The number of carbonyl (C=O) groups excluding carboxylic acids is 1. The predicted molar refractivity (Wildman–Crippen MR) is 98.2 cm³/mol. The van der Waals surface area contributed by atoms with Crippen LogP contribution in [-0.2, 0) is 4.79 Å². The van der Waals surface area contributed by atoms with E-state index in [9.17, 15) is 9.90 Å². The molecule has 0 aliphatic carbocycles. The molecule has 146 valence electrons. The highest BCUT2D eigenvalue weighted by molar-refractivity contribution is 7.15. The van der Waals surface area contributed by atoms with Gasteiger partial charge in [0.1, 0.15) is 5.01 Å². The number of piperidine rings is 1. The van der Waals surface area contributed by atoms with Crippen molar-refractivity contribution in [2.45, 2.75) is 25.5 Å². The second-order valence-corrected chi connectivity index (χ2v) is 6.84. The van der Waals surface area contributed by atoms with Crippen molar-refractivity contribution in [1.82, 2.24) is 20.5 Å². The van der Waals surface area contributed by atoms with E-state index in [4.69, 9.17) is 14.6 Å². The number of aromatic nitrogens is 3. The van der Waals surface area contributed by atoms with Crippen LogP contribution in [-0.4, -0.2) is 70.1 Å². The molecule has 0 saturated carbocycles. The van der Waals surface area contributed by atoms with Crippen LogP contribution < -0.4 is 15.0 Å². The number of ether oxygens (including phenoxy) is 1. The van der Waals surface area contributed by atoms with E-state index in [0.717, 1.165) is 10.1 Å². The SMILES string of the molecule is COc1ccc(C(=O)N[C@@H]2CN(c3nnc(C)s3)CC[C@H]2O)cn1.O=CO. The molecule has 0 aromatic carbocycles. The molecule has 0 radical (unpaired) electrons. The number of rotatable bonds is 4. The minimum absolute atomic E-state index is 0.250. The topological polar surface area (TPSA) is 138 Å². The van der Waals surface area contributed by atoms with E-state index in [-0.39, 0.29) is 18.4 Å². The van der Waals surface area contributed by atoms with Crippen molar-refractivity contribution in [3.05, 3.63) is 28.9 Å². The molecule has 3 heterocycles. The first-order valence-corrected chi connectivity index (χ1v) is 8.92. The lowest BCUT2D eigenvalue weighted by Gasteiger charge is -2.36. The Morgan fingerprint density at radius 1 is 1.44 bits per heavy atom. The smallest absolute Gasteiger partial charge is 0.290 e. The molecule has 1 fully saturated rings. The van der Waals surface area contributed by atoms with Gasteiger partial charge in [-0.2, -0.15) is 0 Å². The van der Waals surface area contributed by atoms with Gasteiger partial charge in [0.05, 0.1) is 24.8 Å². The van der Waals surface area contributed by atoms with Crippen LogP contribution in [0.3, 0.4) is 0 Å². The minimum Gasteiger partial charge on any atom is -0.483 e. The van der Waals surface area contributed by atoms with Crippen LogP contribution in [0.15, 0.2) is 18.3 Å². The second-order valence-electron chi connectivity index (χ2n) is 5.68. The summed E-state index contributed by atoms with van der Waals surface area (Å²) in [5, 5.41) is 29.8. The van der Waals surface area contributed by atoms with Crippen LogP contribution in [0, 0.1) is 6.92 Å². The van der Waals surface area contributed by atoms with E-state index in [1.165, 1.54) is 24.6 Å². The molecule has 2 aromatic rings. The van der Waals surface area contributed by atoms with Crippen molar-refractivity contribution in [2.24, 2.45) is 0 Å². The Bertz CT molecular complexity index is 754. The fourth-order valence-electron chi connectivity index (χ4n) is 2.56. The molecule has 11 heteroatoms. The van der Waals surface area contributed by atoms with E-state index in [1.54, 1.807) is 12.1 Å². The first kappa shape index (κ1) is 20.5. The zero-order valence-electron chi connectivity index (χ0n) is 14.9. The average molecular weight is 395 g/mol. The maximum Gasteiger partial charge on any atom is 0.290 e. The number of carboxylic acid groups (broad SMARTS) is 1. The van der Waals surface area contributed by atoms with Gasteiger partial charge in [-0.05, 0) is 19.4 Å². The lowest BCUT2D eigenvalue weighted by molar-refractivity contribution is -0.122. The minimum atomic E-state index is -0.592. The molecule has 0 unspecified atom stereocenters. The normalized spacial score (nSPS) is 18.9. The summed E-state index contributed by atoms with van der Waals surface area (Å²) >= 11 is 1.50. The van der Waals surface area contributed by atoms with E-state index < -0.39 is 6.10 Å². The lowest BCUT2D eigenvalue weighted by Crippen LogP contribution is -2.55. The van der Waals surface area contributed by atoms with Gasteiger partial charge in [-0.25, -0.2) is 4.98 Å². The summed E-state index contributed by atoms with van der Waals surface area (Å²) in [6, 6.07) is 2.89. The maximum absolute atomic E-state index is 12.4. The van der Waals surface area contributed by atoms with Crippen LogP contribution in [0.5, 0.6) is 5.88 Å². The molecule has 27 heavy (non-hydrogen) atoms. The Morgan fingerprint density at radius 3 is 2.74 bits per heavy atom. The van der Waals surface area contributed by atoms with Crippen molar-refractivity contribution in [1.29, 1.82) is 0 Å². The van der Waals surface area contributed by atoms with Crippen molar-refractivity contribution >= 4 is 28.8 Å². The molecule has 0 spiro atoms. The number of carbonyl (C=O) groups is 2. The molecular formula is C16H21N5O5S. The lowest BCUT2D eigenvalue weighted by atomic mass is 10.0. The Labute approximate surface area is 159 Å². The molecule has 1 saturated heterocycles. The van der Waals surface area contributed by atoms with Gasteiger partial charge in [-0.3, -0.25) is 9.59 Å². The molecule has 1 aliphatic rings. The van der Waals surface area contributed by atoms with Gasteiger partial charge in [0, 0.05) is 25.4 Å². The Morgan fingerprint density at radius 2 is 2.19 bits per heavy atom. The number of nitrogens with one attached hydrogen (secondary N) is 1. The highest BCUT2D eigenvalue weighted by Gasteiger charge is 2.30. The molecule has 2 aromatic heterocycles. The fourth-order valence-corrected chi connectivity index (χ4v) is 3.28. The quantitative estimate of drug-likeness (QED) is 0.625. The average Bonchev–Trinajstić information content (AvgIpc) is 3.10. The molecule has 0 bridgehead atoms. The monoisotopic (exact) mass is 395 g/mol. The summed E-state index contributed by atoms with van der Waals surface area (Å²) in [6.07, 6.45) is 1.42. The van der Waals surface area contributed by atoms with Crippen molar-refractivity contribution < 1.29 is 24.5 Å². The summed E-state index contributed by atoms with van der Waals surface area (Å²) in [6.45, 7) is 2.83. The number of hydrogen-bond donors (Lipinski definition) is 3. The third kappa shape index (κ3) is 5.59. The molecule has 1 amide bonds. The number of aryl methyl sites for hydroxylation is 1. The van der Waals surface area contributed by atoms with Gasteiger partial charge >= 0.3 is 0 Å². The van der Waals surface area contributed by atoms with Gasteiger partial charge in [-0.1, -0.05) is 11.3 Å². The Hall–Kier alpha value is -2.79. The van der Waals surface area contributed by atoms with Crippen LogP contribution >= 0.6 is 11.3 Å². The summed E-state index contributed by atoms with van der Waals surface area (Å²) < 4.78 is 4.98. The van der Waals surface area contributed by atoms with Gasteiger partial charge in [0.25, 0.3) is 12.4 Å². The van der Waals surface area contributed by atoms with Gasteiger partial charge in [-0.15, -0.1) is 10.2 Å². The molecule has 3 rings (SSSR count). The fraction of sp³-hybridized carbons (Fsp3) is 0.438. The van der Waals surface area contributed by atoms with Gasteiger partial charge in [0.2, 0.25) is 11.0 Å². The summed E-state index contributed by atoms with van der Waals surface area (Å²) in [7, 11) is 1.52. The summed E-state index contributed by atoms with van der Waals surface area (Å²) in [5.41, 5.74) is 0.423. The third-order valence-electron chi connectivity index (χ3n) is 3.89. The van der Waals surface area contributed by atoms with Crippen molar-refractivity contribution in [2.75, 3.05) is 25.1 Å². The van der Waals surface area contributed by atoms with E-state index in [0.29, 0.717) is 31.0 Å². The number of anilines is 1.